The van der Waals surface area contributed by atoms with Crippen molar-refractivity contribution in [2.75, 3.05) is 6.61 Å². The number of esters is 1. The predicted molar refractivity (Wildman–Crippen MR) is 64.9 cm³/mol. The first kappa shape index (κ1) is 12.1. The average molecular weight is 234 g/mol. The summed E-state index contributed by atoms with van der Waals surface area (Å²) in [4.78, 5) is 11.2. The zero-order chi connectivity index (χ0) is 12.4. The molecule has 0 saturated carbocycles. The molecule has 0 aromatic heterocycles. The van der Waals surface area contributed by atoms with Gasteiger partial charge in [-0.3, -0.25) is 4.79 Å². The van der Waals surface area contributed by atoms with Gasteiger partial charge in [-0.05, 0) is 17.0 Å². The molecule has 92 valence electrons. The van der Waals surface area contributed by atoms with Crippen molar-refractivity contribution in [2.45, 2.75) is 38.2 Å². The van der Waals surface area contributed by atoms with Crippen LogP contribution in [0.2, 0.25) is 0 Å². The largest absolute Gasteiger partial charge is 0.459 e. The lowest BCUT2D eigenvalue weighted by atomic mass is 9.91. The summed E-state index contributed by atoms with van der Waals surface area (Å²) in [6.07, 6.45) is -0.0147. The standard InChI is InChI=1S/C14H18O3/c1-9(2)10-3-5-11(6-4-10)12-7-14(16)17-13(12)8-15/h3-6,9,12-13,15H,7-8H2,1-2H3/t12-,13+/m1/s1. The Kier molecular flexibility index (Phi) is 3.48. The zero-order valence-electron chi connectivity index (χ0n) is 10.2. The Bertz CT molecular complexity index is 394. The van der Waals surface area contributed by atoms with Gasteiger partial charge in [0.25, 0.3) is 0 Å². The lowest BCUT2D eigenvalue weighted by molar-refractivity contribution is -0.142. The molecule has 3 nitrogen and oxygen atoms in total. The molecule has 2 rings (SSSR count). The van der Waals surface area contributed by atoms with E-state index in [1.54, 1.807) is 0 Å². The Balaban J connectivity index is 2.19. The number of hydrogen-bond donors (Lipinski definition) is 1. The van der Waals surface area contributed by atoms with Gasteiger partial charge in [0.15, 0.2) is 0 Å². The molecular weight excluding hydrogens is 216 g/mol. The van der Waals surface area contributed by atoms with Gasteiger partial charge >= 0.3 is 5.97 Å². The fraction of sp³-hybridized carbons (Fsp3) is 0.500. The van der Waals surface area contributed by atoms with E-state index in [9.17, 15) is 9.90 Å². The highest BCUT2D eigenvalue weighted by Crippen LogP contribution is 2.32. The van der Waals surface area contributed by atoms with Crippen LogP contribution in [0.3, 0.4) is 0 Å². The summed E-state index contributed by atoms with van der Waals surface area (Å²) in [6, 6.07) is 8.23. The maximum atomic E-state index is 11.2. The summed E-state index contributed by atoms with van der Waals surface area (Å²) in [5.41, 5.74) is 2.35. The predicted octanol–water partition coefficient (Wildman–Crippen LogP) is 2.20. The molecule has 0 bridgehead atoms. The van der Waals surface area contributed by atoms with Gasteiger partial charge < -0.3 is 9.84 Å². The number of ether oxygens (including phenoxy) is 1. The quantitative estimate of drug-likeness (QED) is 0.815. The molecule has 1 aliphatic heterocycles. The van der Waals surface area contributed by atoms with E-state index in [1.165, 1.54) is 5.56 Å². The monoisotopic (exact) mass is 234 g/mol. The normalized spacial score (nSPS) is 24.1. The third-order valence-electron chi connectivity index (χ3n) is 3.33. The average Bonchev–Trinajstić information content (AvgIpc) is 2.70. The lowest BCUT2D eigenvalue weighted by Crippen LogP contribution is -2.18. The van der Waals surface area contributed by atoms with Crippen molar-refractivity contribution in [1.29, 1.82) is 0 Å². The summed E-state index contributed by atoms with van der Waals surface area (Å²) >= 11 is 0. The molecule has 0 amide bonds. The van der Waals surface area contributed by atoms with Crippen LogP contribution in [0.4, 0.5) is 0 Å². The number of benzene rings is 1. The summed E-state index contributed by atoms with van der Waals surface area (Å²) in [6.45, 7) is 4.18. The Morgan fingerprint density at radius 3 is 2.53 bits per heavy atom. The number of aliphatic hydroxyl groups excluding tert-OH is 1. The fourth-order valence-electron chi connectivity index (χ4n) is 2.24. The Hall–Kier alpha value is -1.35. The van der Waals surface area contributed by atoms with Crippen LogP contribution < -0.4 is 0 Å². The van der Waals surface area contributed by atoms with E-state index in [1.807, 2.05) is 12.1 Å². The van der Waals surface area contributed by atoms with E-state index >= 15 is 0 Å². The van der Waals surface area contributed by atoms with Gasteiger partial charge in [0, 0.05) is 5.92 Å². The molecule has 0 spiro atoms. The van der Waals surface area contributed by atoms with Gasteiger partial charge in [-0.2, -0.15) is 0 Å². The summed E-state index contributed by atoms with van der Waals surface area (Å²) in [5.74, 6) is 0.273. The Morgan fingerprint density at radius 1 is 1.35 bits per heavy atom. The molecule has 0 aliphatic carbocycles. The van der Waals surface area contributed by atoms with Gasteiger partial charge in [0.1, 0.15) is 6.10 Å². The molecular formula is C14H18O3. The topological polar surface area (TPSA) is 46.5 Å². The minimum atomic E-state index is -0.382. The summed E-state index contributed by atoms with van der Waals surface area (Å²) in [7, 11) is 0. The lowest BCUT2D eigenvalue weighted by Gasteiger charge is -2.16. The number of carbonyl (C=O) groups is 1. The van der Waals surface area contributed by atoms with E-state index in [-0.39, 0.29) is 24.6 Å². The minimum Gasteiger partial charge on any atom is -0.459 e. The fourth-order valence-corrected chi connectivity index (χ4v) is 2.24. The van der Waals surface area contributed by atoms with Gasteiger partial charge in [-0.25, -0.2) is 0 Å². The van der Waals surface area contributed by atoms with Gasteiger partial charge in [0.2, 0.25) is 0 Å². The van der Waals surface area contributed by atoms with Crippen LogP contribution in [0, 0.1) is 0 Å². The smallest absolute Gasteiger partial charge is 0.306 e. The van der Waals surface area contributed by atoms with E-state index in [0.29, 0.717) is 12.3 Å². The highest BCUT2D eigenvalue weighted by molar-refractivity contribution is 5.73. The van der Waals surface area contributed by atoms with Gasteiger partial charge in [-0.1, -0.05) is 38.1 Å². The maximum absolute atomic E-state index is 11.2. The number of carbonyl (C=O) groups excluding carboxylic acids is 1. The highest BCUT2D eigenvalue weighted by atomic mass is 16.6. The molecule has 2 atom stereocenters. The van der Waals surface area contributed by atoms with E-state index in [0.717, 1.165) is 5.56 Å². The van der Waals surface area contributed by atoms with Crippen LogP contribution in [0.5, 0.6) is 0 Å². The van der Waals surface area contributed by atoms with Gasteiger partial charge in [0.05, 0.1) is 13.0 Å². The molecule has 1 fully saturated rings. The first-order chi connectivity index (χ1) is 8.11. The number of aliphatic hydroxyl groups is 1. The maximum Gasteiger partial charge on any atom is 0.306 e. The summed E-state index contributed by atoms with van der Waals surface area (Å²) < 4.78 is 5.07. The third kappa shape index (κ3) is 2.50. The van der Waals surface area contributed by atoms with Crippen LogP contribution in [0.25, 0.3) is 0 Å². The number of hydrogen-bond acceptors (Lipinski definition) is 3. The van der Waals surface area contributed by atoms with E-state index < -0.39 is 0 Å². The van der Waals surface area contributed by atoms with E-state index in [2.05, 4.69) is 26.0 Å². The number of cyclic esters (lactones) is 1. The SMILES string of the molecule is CC(C)c1ccc([C@H]2CC(=O)O[C@H]2CO)cc1. The molecule has 1 aromatic rings. The van der Waals surface area contributed by atoms with Crippen LogP contribution in [-0.4, -0.2) is 23.8 Å². The molecule has 1 heterocycles. The second-order valence-corrected chi connectivity index (χ2v) is 4.84. The first-order valence-corrected chi connectivity index (χ1v) is 6.02. The van der Waals surface area contributed by atoms with Crippen molar-refractivity contribution in [3.05, 3.63) is 35.4 Å². The van der Waals surface area contributed by atoms with Crippen molar-refractivity contribution in [3.63, 3.8) is 0 Å². The van der Waals surface area contributed by atoms with Crippen molar-refractivity contribution in [3.8, 4) is 0 Å². The Labute approximate surface area is 101 Å². The number of rotatable bonds is 3. The van der Waals surface area contributed by atoms with Crippen LogP contribution in [0.1, 0.15) is 43.2 Å². The van der Waals surface area contributed by atoms with Crippen molar-refractivity contribution >= 4 is 5.97 Å². The minimum absolute atomic E-state index is 0.00582. The Morgan fingerprint density at radius 2 is 2.00 bits per heavy atom. The highest BCUT2D eigenvalue weighted by Gasteiger charge is 2.35. The first-order valence-electron chi connectivity index (χ1n) is 6.02. The molecule has 0 radical (unpaired) electrons. The molecule has 1 saturated heterocycles. The van der Waals surface area contributed by atoms with Crippen LogP contribution in [-0.2, 0) is 9.53 Å². The van der Waals surface area contributed by atoms with Crippen molar-refractivity contribution in [2.24, 2.45) is 0 Å². The zero-order valence-corrected chi connectivity index (χ0v) is 10.2. The van der Waals surface area contributed by atoms with Crippen molar-refractivity contribution < 1.29 is 14.6 Å². The van der Waals surface area contributed by atoms with Crippen LogP contribution in [0.15, 0.2) is 24.3 Å². The second-order valence-electron chi connectivity index (χ2n) is 4.84. The molecule has 3 heteroatoms. The molecule has 1 N–H and O–H groups in total. The third-order valence-corrected chi connectivity index (χ3v) is 3.33. The molecule has 1 aromatic carbocycles. The van der Waals surface area contributed by atoms with Crippen molar-refractivity contribution in [1.82, 2.24) is 0 Å². The van der Waals surface area contributed by atoms with Gasteiger partial charge in [-0.15, -0.1) is 0 Å². The second kappa shape index (κ2) is 4.88. The van der Waals surface area contributed by atoms with Crippen LogP contribution >= 0.6 is 0 Å². The molecule has 0 unspecified atom stereocenters. The van der Waals surface area contributed by atoms with E-state index in [4.69, 9.17) is 4.74 Å². The molecule has 1 aliphatic rings. The summed E-state index contributed by atoms with van der Waals surface area (Å²) in [5, 5.41) is 9.18. The molecule has 17 heavy (non-hydrogen) atoms.